The molecule has 32 heavy (non-hydrogen) atoms. The molecular weight excluding hydrogens is 400 g/mol. The first-order chi connectivity index (χ1) is 15.1. The average molecular weight is 439 g/mol. The predicted octanol–water partition coefficient (Wildman–Crippen LogP) is 6.75. The Balaban J connectivity index is 2.30. The summed E-state index contributed by atoms with van der Waals surface area (Å²) in [6.45, 7) is 13.4. The van der Waals surface area contributed by atoms with Crippen LogP contribution in [-0.4, -0.2) is 19.4 Å². The molecule has 2 atom stereocenters. The van der Waals surface area contributed by atoms with E-state index in [4.69, 9.17) is 9.47 Å². The highest BCUT2D eigenvalue weighted by Gasteiger charge is 2.56. The van der Waals surface area contributed by atoms with Crippen LogP contribution in [0.4, 0.5) is 0 Å². The molecule has 2 aromatic rings. The summed E-state index contributed by atoms with van der Waals surface area (Å²) in [7, 11) is 1.48. The first-order valence-corrected chi connectivity index (χ1v) is 11.5. The van der Waals surface area contributed by atoms with Gasteiger partial charge in [0.1, 0.15) is 18.6 Å². The van der Waals surface area contributed by atoms with Gasteiger partial charge in [-0.1, -0.05) is 65.3 Å². The van der Waals surface area contributed by atoms with E-state index in [1.54, 1.807) is 24.3 Å². The molecule has 2 unspecified atom stereocenters. The van der Waals surface area contributed by atoms with E-state index in [2.05, 4.69) is 58.9 Å². The Kier molecular flexibility index (Phi) is 8.28. The van der Waals surface area contributed by atoms with Crippen LogP contribution in [0.25, 0.3) is 0 Å². The van der Waals surface area contributed by atoms with Crippen molar-refractivity contribution < 1.29 is 19.1 Å². The van der Waals surface area contributed by atoms with Crippen LogP contribution in [0.15, 0.2) is 48.5 Å². The predicted molar refractivity (Wildman–Crippen MR) is 129 cm³/mol. The van der Waals surface area contributed by atoms with E-state index in [0.29, 0.717) is 18.6 Å². The summed E-state index contributed by atoms with van der Waals surface area (Å²) in [6, 6.07) is 15.6. The van der Waals surface area contributed by atoms with Crippen LogP contribution in [0.2, 0.25) is 0 Å². The van der Waals surface area contributed by atoms with E-state index in [1.165, 1.54) is 12.7 Å². The first kappa shape index (κ1) is 25.6. The highest BCUT2D eigenvalue weighted by atomic mass is 16.5. The fourth-order valence-electron chi connectivity index (χ4n) is 4.77. The van der Waals surface area contributed by atoms with Crippen molar-refractivity contribution >= 4 is 12.3 Å². The molecule has 0 fully saturated rings. The van der Waals surface area contributed by atoms with E-state index in [1.807, 2.05) is 6.92 Å². The molecule has 0 spiro atoms. The van der Waals surface area contributed by atoms with Gasteiger partial charge < -0.3 is 9.47 Å². The second-order valence-corrected chi connectivity index (χ2v) is 9.56. The van der Waals surface area contributed by atoms with E-state index >= 15 is 0 Å². The molecule has 0 heterocycles. The third kappa shape index (κ3) is 4.74. The number of benzene rings is 2. The second-order valence-electron chi connectivity index (χ2n) is 9.56. The standard InChI is InChI=1S/C28H38O4/c1-8-18-28(6,26(3,4)27(5,9-2)25(30)31-7)23-14-10-22(11-15-23)20-32-24-16-12-21(19-29)13-17-24/h10-17,19H,8-9,18,20H2,1-7H3. The van der Waals surface area contributed by atoms with Crippen LogP contribution in [0.5, 0.6) is 5.75 Å². The molecule has 0 radical (unpaired) electrons. The number of carbonyl (C=O) groups excluding carboxylic acids is 2. The molecule has 2 rings (SSSR count). The van der Waals surface area contributed by atoms with Gasteiger partial charge in [0.2, 0.25) is 0 Å². The quantitative estimate of drug-likeness (QED) is 0.287. The van der Waals surface area contributed by atoms with Gasteiger partial charge in [0.05, 0.1) is 12.5 Å². The van der Waals surface area contributed by atoms with Crippen molar-refractivity contribution in [2.24, 2.45) is 10.8 Å². The van der Waals surface area contributed by atoms with Gasteiger partial charge in [-0.15, -0.1) is 0 Å². The van der Waals surface area contributed by atoms with Gasteiger partial charge in [-0.3, -0.25) is 9.59 Å². The lowest BCUT2D eigenvalue weighted by atomic mass is 9.49. The largest absolute Gasteiger partial charge is 0.489 e. The highest BCUT2D eigenvalue weighted by Crippen LogP contribution is 2.56. The minimum Gasteiger partial charge on any atom is -0.489 e. The van der Waals surface area contributed by atoms with E-state index in [-0.39, 0.29) is 16.8 Å². The molecule has 0 aliphatic carbocycles. The van der Waals surface area contributed by atoms with Crippen LogP contribution in [0.3, 0.4) is 0 Å². The van der Waals surface area contributed by atoms with Crippen LogP contribution in [-0.2, 0) is 21.6 Å². The van der Waals surface area contributed by atoms with Crippen molar-refractivity contribution in [2.75, 3.05) is 7.11 Å². The molecule has 174 valence electrons. The number of hydrogen-bond donors (Lipinski definition) is 0. The maximum Gasteiger partial charge on any atom is 0.312 e. The van der Waals surface area contributed by atoms with E-state index < -0.39 is 5.41 Å². The zero-order chi connectivity index (χ0) is 24.0. The van der Waals surface area contributed by atoms with Crippen molar-refractivity contribution in [1.82, 2.24) is 0 Å². The van der Waals surface area contributed by atoms with Crippen molar-refractivity contribution in [3.8, 4) is 5.75 Å². The number of ether oxygens (including phenoxy) is 2. The zero-order valence-corrected chi connectivity index (χ0v) is 20.7. The summed E-state index contributed by atoms with van der Waals surface area (Å²) in [5.41, 5.74) is 1.75. The molecule has 0 N–H and O–H groups in total. The third-order valence-electron chi connectivity index (χ3n) is 7.86. The number of carbonyl (C=O) groups is 2. The van der Waals surface area contributed by atoms with Gasteiger partial charge in [-0.25, -0.2) is 0 Å². The normalized spacial score (nSPS) is 15.3. The van der Waals surface area contributed by atoms with Gasteiger partial charge >= 0.3 is 5.97 Å². The maximum absolute atomic E-state index is 12.8. The first-order valence-electron chi connectivity index (χ1n) is 11.5. The second kappa shape index (κ2) is 10.3. The lowest BCUT2D eigenvalue weighted by Crippen LogP contribution is -2.53. The molecule has 0 saturated carbocycles. The van der Waals surface area contributed by atoms with Gasteiger partial charge in [-0.2, -0.15) is 0 Å². The Morgan fingerprint density at radius 1 is 0.938 bits per heavy atom. The Morgan fingerprint density at radius 2 is 1.53 bits per heavy atom. The fourth-order valence-corrected chi connectivity index (χ4v) is 4.77. The summed E-state index contributed by atoms with van der Waals surface area (Å²) in [4.78, 5) is 23.6. The summed E-state index contributed by atoms with van der Waals surface area (Å²) in [6.07, 6.45) is 3.51. The molecule has 0 aromatic heterocycles. The monoisotopic (exact) mass is 438 g/mol. The zero-order valence-electron chi connectivity index (χ0n) is 20.7. The van der Waals surface area contributed by atoms with E-state index in [0.717, 1.165) is 30.4 Å². The molecule has 0 aliphatic heterocycles. The number of aldehydes is 1. The number of methoxy groups -OCH3 is 1. The summed E-state index contributed by atoms with van der Waals surface area (Å²) in [5.74, 6) is 0.575. The Hall–Kier alpha value is -2.62. The van der Waals surface area contributed by atoms with Crippen LogP contribution in [0.1, 0.15) is 82.3 Å². The Morgan fingerprint density at radius 3 is 2.00 bits per heavy atom. The van der Waals surface area contributed by atoms with Gasteiger partial charge in [0, 0.05) is 5.56 Å². The SMILES string of the molecule is CCCC(C)(c1ccc(COc2ccc(C=O)cc2)cc1)C(C)(C)C(C)(CC)C(=O)OC. The maximum atomic E-state index is 12.8. The lowest BCUT2D eigenvalue weighted by molar-refractivity contribution is -0.164. The fraction of sp³-hybridized carbons (Fsp3) is 0.500. The summed E-state index contributed by atoms with van der Waals surface area (Å²) < 4.78 is 11.1. The van der Waals surface area contributed by atoms with Crippen LogP contribution < -0.4 is 4.74 Å². The number of hydrogen-bond acceptors (Lipinski definition) is 4. The number of rotatable bonds is 11. The van der Waals surface area contributed by atoms with Gasteiger partial charge in [0.15, 0.2) is 0 Å². The molecule has 2 aromatic carbocycles. The third-order valence-corrected chi connectivity index (χ3v) is 7.86. The highest BCUT2D eigenvalue weighted by molar-refractivity contribution is 5.77. The van der Waals surface area contributed by atoms with Crippen LogP contribution >= 0.6 is 0 Å². The molecule has 4 nitrogen and oxygen atoms in total. The molecule has 0 amide bonds. The van der Waals surface area contributed by atoms with Crippen molar-refractivity contribution in [3.63, 3.8) is 0 Å². The minimum absolute atomic E-state index is 0.155. The average Bonchev–Trinajstić information content (AvgIpc) is 2.82. The molecule has 0 saturated heterocycles. The minimum atomic E-state index is -0.610. The summed E-state index contributed by atoms with van der Waals surface area (Å²) >= 11 is 0. The van der Waals surface area contributed by atoms with Crippen LogP contribution in [0, 0.1) is 10.8 Å². The van der Waals surface area contributed by atoms with Crippen molar-refractivity contribution in [2.45, 2.75) is 72.8 Å². The molecular formula is C28H38O4. The number of esters is 1. The van der Waals surface area contributed by atoms with Gasteiger partial charge in [0.25, 0.3) is 0 Å². The Bertz CT molecular complexity index is 898. The Labute approximate surface area is 193 Å². The molecule has 4 heteroatoms. The van der Waals surface area contributed by atoms with Crippen molar-refractivity contribution in [1.29, 1.82) is 0 Å². The van der Waals surface area contributed by atoms with Gasteiger partial charge in [-0.05, 0) is 66.0 Å². The lowest BCUT2D eigenvalue weighted by Gasteiger charge is -2.53. The molecule has 0 bridgehead atoms. The molecule has 0 aliphatic rings. The van der Waals surface area contributed by atoms with E-state index in [9.17, 15) is 9.59 Å². The van der Waals surface area contributed by atoms with Crippen molar-refractivity contribution in [3.05, 3.63) is 65.2 Å². The topological polar surface area (TPSA) is 52.6 Å². The summed E-state index contributed by atoms with van der Waals surface area (Å²) in [5, 5.41) is 0. The smallest absolute Gasteiger partial charge is 0.312 e.